The molecular formula is C21H22FNO6. The lowest BCUT2D eigenvalue weighted by Gasteiger charge is -2.22. The van der Waals surface area contributed by atoms with E-state index in [2.05, 4.69) is 0 Å². The van der Waals surface area contributed by atoms with E-state index >= 15 is 0 Å². The molecule has 29 heavy (non-hydrogen) atoms. The number of halogens is 1. The van der Waals surface area contributed by atoms with Crippen molar-refractivity contribution in [2.24, 2.45) is 0 Å². The Morgan fingerprint density at radius 2 is 1.69 bits per heavy atom. The molecule has 1 heterocycles. The number of esters is 1. The SMILES string of the molecule is COC(=O)[C@@H]1C[C@@H](Oc2ccccc2F)CN1C(=O)COc1ccccc1OC. The zero-order chi connectivity index (χ0) is 20.8. The first kappa shape index (κ1) is 20.4. The van der Waals surface area contributed by atoms with Gasteiger partial charge in [0.2, 0.25) is 0 Å². The minimum atomic E-state index is -0.828. The first-order valence-electron chi connectivity index (χ1n) is 9.07. The number of amides is 1. The highest BCUT2D eigenvalue weighted by Crippen LogP contribution is 2.28. The maximum Gasteiger partial charge on any atom is 0.328 e. The summed E-state index contributed by atoms with van der Waals surface area (Å²) in [5.41, 5.74) is 0. The lowest BCUT2D eigenvalue weighted by atomic mass is 10.2. The van der Waals surface area contributed by atoms with Crippen LogP contribution in [0.5, 0.6) is 17.2 Å². The molecule has 0 saturated carbocycles. The van der Waals surface area contributed by atoms with Crippen molar-refractivity contribution in [3.63, 3.8) is 0 Å². The zero-order valence-corrected chi connectivity index (χ0v) is 16.2. The second-order valence-electron chi connectivity index (χ2n) is 6.43. The van der Waals surface area contributed by atoms with Crippen molar-refractivity contribution in [1.82, 2.24) is 4.90 Å². The van der Waals surface area contributed by atoms with E-state index in [0.29, 0.717) is 11.5 Å². The molecule has 1 amide bonds. The number of rotatable bonds is 7. The van der Waals surface area contributed by atoms with Gasteiger partial charge < -0.3 is 23.8 Å². The maximum absolute atomic E-state index is 13.9. The van der Waals surface area contributed by atoms with Gasteiger partial charge >= 0.3 is 5.97 Å². The summed E-state index contributed by atoms with van der Waals surface area (Å²) in [4.78, 5) is 26.2. The summed E-state index contributed by atoms with van der Waals surface area (Å²) in [6.07, 6.45) is -0.354. The number of likely N-dealkylation sites (tertiary alicyclic amines) is 1. The van der Waals surface area contributed by atoms with Gasteiger partial charge in [0.15, 0.2) is 29.7 Å². The molecule has 0 aliphatic carbocycles. The van der Waals surface area contributed by atoms with Crippen LogP contribution in [0.25, 0.3) is 0 Å². The fraction of sp³-hybridized carbons (Fsp3) is 0.333. The van der Waals surface area contributed by atoms with E-state index in [1.54, 1.807) is 36.4 Å². The van der Waals surface area contributed by atoms with Crippen LogP contribution in [0.2, 0.25) is 0 Å². The standard InChI is InChI=1S/C21H22FNO6/c1-26-18-9-5-6-10-19(18)28-13-20(24)23-12-14(11-16(23)21(25)27-2)29-17-8-4-3-7-15(17)22/h3-10,14,16H,11-13H2,1-2H3/t14-,16+/m1/s1. The maximum atomic E-state index is 13.9. The largest absolute Gasteiger partial charge is 0.493 e. The predicted molar refractivity (Wildman–Crippen MR) is 101 cm³/mol. The number of methoxy groups -OCH3 is 2. The average molecular weight is 403 g/mol. The molecule has 0 spiro atoms. The van der Waals surface area contributed by atoms with Crippen LogP contribution < -0.4 is 14.2 Å². The number of carbonyl (C=O) groups excluding carboxylic acids is 2. The molecule has 0 radical (unpaired) electrons. The van der Waals surface area contributed by atoms with Gasteiger partial charge in [0.05, 0.1) is 20.8 Å². The van der Waals surface area contributed by atoms with E-state index < -0.39 is 29.8 Å². The minimum absolute atomic E-state index is 0.0701. The molecule has 3 rings (SSSR count). The second kappa shape index (κ2) is 9.27. The molecule has 0 N–H and O–H groups in total. The van der Waals surface area contributed by atoms with Crippen LogP contribution in [0, 0.1) is 5.82 Å². The normalized spacial score (nSPS) is 18.2. The third kappa shape index (κ3) is 4.77. The zero-order valence-electron chi connectivity index (χ0n) is 16.2. The van der Waals surface area contributed by atoms with Crippen molar-refractivity contribution in [1.29, 1.82) is 0 Å². The Kier molecular flexibility index (Phi) is 6.54. The first-order chi connectivity index (χ1) is 14.0. The molecular weight excluding hydrogens is 381 g/mol. The van der Waals surface area contributed by atoms with E-state index in [0.717, 1.165) is 0 Å². The predicted octanol–water partition coefficient (Wildman–Crippen LogP) is 2.43. The van der Waals surface area contributed by atoms with Crippen LogP contribution in [0.4, 0.5) is 4.39 Å². The summed E-state index contributed by atoms with van der Waals surface area (Å²) in [6, 6.07) is 12.1. The Hall–Kier alpha value is -3.29. The second-order valence-corrected chi connectivity index (χ2v) is 6.43. The summed E-state index contributed by atoms with van der Waals surface area (Å²) in [7, 11) is 2.75. The van der Waals surface area contributed by atoms with Gasteiger partial charge in [-0.25, -0.2) is 9.18 Å². The first-order valence-corrected chi connectivity index (χ1v) is 9.07. The van der Waals surface area contributed by atoms with Gasteiger partial charge in [-0.3, -0.25) is 4.79 Å². The van der Waals surface area contributed by atoms with Gasteiger partial charge in [0.25, 0.3) is 5.91 Å². The lowest BCUT2D eigenvalue weighted by molar-refractivity contribution is -0.151. The lowest BCUT2D eigenvalue weighted by Crippen LogP contribution is -2.43. The molecule has 1 aliphatic heterocycles. The monoisotopic (exact) mass is 403 g/mol. The van der Waals surface area contributed by atoms with Crippen LogP contribution in [-0.4, -0.2) is 56.3 Å². The van der Waals surface area contributed by atoms with Gasteiger partial charge in [0.1, 0.15) is 12.1 Å². The Morgan fingerprint density at radius 1 is 1.03 bits per heavy atom. The van der Waals surface area contributed by atoms with Crippen molar-refractivity contribution in [3.05, 3.63) is 54.3 Å². The molecule has 1 saturated heterocycles. The summed E-state index contributed by atoms with van der Waals surface area (Å²) in [5.74, 6) is -0.503. The number of nitrogens with zero attached hydrogens (tertiary/aromatic N) is 1. The number of hydrogen-bond acceptors (Lipinski definition) is 6. The van der Waals surface area contributed by atoms with Crippen LogP contribution in [-0.2, 0) is 14.3 Å². The molecule has 1 aliphatic rings. The van der Waals surface area contributed by atoms with Gasteiger partial charge in [-0.15, -0.1) is 0 Å². The highest BCUT2D eigenvalue weighted by atomic mass is 19.1. The molecule has 2 aromatic rings. The molecule has 1 fully saturated rings. The quantitative estimate of drug-likeness (QED) is 0.661. The highest BCUT2D eigenvalue weighted by molar-refractivity contribution is 5.86. The fourth-order valence-corrected chi connectivity index (χ4v) is 3.20. The molecule has 2 atom stereocenters. The number of para-hydroxylation sites is 3. The summed E-state index contributed by atoms with van der Waals surface area (Å²) in [5, 5.41) is 0. The van der Waals surface area contributed by atoms with Crippen molar-refractivity contribution in [2.45, 2.75) is 18.6 Å². The van der Waals surface area contributed by atoms with Gasteiger partial charge in [-0.05, 0) is 24.3 Å². The molecule has 2 aromatic carbocycles. The summed E-state index contributed by atoms with van der Waals surface area (Å²) < 4.78 is 35.1. The fourth-order valence-electron chi connectivity index (χ4n) is 3.20. The Morgan fingerprint density at radius 3 is 2.34 bits per heavy atom. The summed E-state index contributed by atoms with van der Waals surface area (Å²) >= 11 is 0. The van der Waals surface area contributed by atoms with Crippen LogP contribution in [0.15, 0.2) is 48.5 Å². The third-order valence-electron chi connectivity index (χ3n) is 4.61. The van der Waals surface area contributed by atoms with Crippen LogP contribution in [0.1, 0.15) is 6.42 Å². The van der Waals surface area contributed by atoms with Gasteiger partial charge in [0, 0.05) is 6.42 Å². The third-order valence-corrected chi connectivity index (χ3v) is 4.61. The summed E-state index contributed by atoms with van der Waals surface area (Å²) in [6.45, 7) is -0.178. The minimum Gasteiger partial charge on any atom is -0.493 e. The van der Waals surface area contributed by atoms with E-state index in [4.69, 9.17) is 18.9 Å². The van der Waals surface area contributed by atoms with Crippen molar-refractivity contribution < 1.29 is 32.9 Å². The number of carbonyl (C=O) groups is 2. The molecule has 0 aromatic heterocycles. The number of hydrogen-bond donors (Lipinski definition) is 0. The smallest absolute Gasteiger partial charge is 0.328 e. The molecule has 154 valence electrons. The highest BCUT2D eigenvalue weighted by Gasteiger charge is 2.41. The number of ether oxygens (including phenoxy) is 4. The van der Waals surface area contributed by atoms with E-state index in [-0.39, 0.29) is 25.3 Å². The molecule has 8 heteroatoms. The topological polar surface area (TPSA) is 74.3 Å². The van der Waals surface area contributed by atoms with Crippen molar-refractivity contribution in [2.75, 3.05) is 27.4 Å². The molecule has 0 unspecified atom stereocenters. The molecule has 7 nitrogen and oxygen atoms in total. The Labute approximate surface area is 167 Å². The van der Waals surface area contributed by atoms with E-state index in [1.807, 2.05) is 0 Å². The Bertz CT molecular complexity index is 874. The Balaban J connectivity index is 1.69. The van der Waals surface area contributed by atoms with Crippen LogP contribution in [0.3, 0.4) is 0 Å². The molecule has 0 bridgehead atoms. The van der Waals surface area contributed by atoms with Gasteiger partial charge in [-0.2, -0.15) is 0 Å². The van der Waals surface area contributed by atoms with Crippen molar-refractivity contribution >= 4 is 11.9 Å². The van der Waals surface area contributed by atoms with Gasteiger partial charge in [-0.1, -0.05) is 24.3 Å². The van der Waals surface area contributed by atoms with Crippen LogP contribution >= 0.6 is 0 Å². The van der Waals surface area contributed by atoms with E-state index in [9.17, 15) is 14.0 Å². The average Bonchev–Trinajstić information content (AvgIpc) is 3.17. The van der Waals surface area contributed by atoms with Crippen molar-refractivity contribution in [3.8, 4) is 17.2 Å². The van der Waals surface area contributed by atoms with E-state index in [1.165, 1.54) is 31.3 Å². The number of benzene rings is 2.